The number of ether oxygens (including phenoxy) is 2. The predicted molar refractivity (Wildman–Crippen MR) is 87.3 cm³/mol. The van der Waals surface area contributed by atoms with E-state index in [1.165, 1.54) is 13.2 Å². The highest BCUT2D eigenvalue weighted by Gasteiger charge is 2.13. The van der Waals surface area contributed by atoms with Crippen molar-refractivity contribution in [3.8, 4) is 5.75 Å². The smallest absolute Gasteiger partial charge is 0.309 e. The van der Waals surface area contributed by atoms with Crippen molar-refractivity contribution in [2.45, 2.75) is 26.4 Å². The Hall–Kier alpha value is -2.07. The van der Waals surface area contributed by atoms with E-state index in [1.807, 2.05) is 19.1 Å². The van der Waals surface area contributed by atoms with Gasteiger partial charge in [-0.05, 0) is 35.7 Å². The lowest BCUT2D eigenvalue weighted by Gasteiger charge is -2.13. The van der Waals surface area contributed by atoms with Crippen LogP contribution in [0.4, 0.5) is 4.39 Å². The molecule has 3 nitrogen and oxygen atoms in total. The van der Waals surface area contributed by atoms with Gasteiger partial charge in [-0.15, -0.1) is 0 Å². The fraction of sp³-hybridized carbons (Fsp3) is 0.278. The van der Waals surface area contributed by atoms with Crippen molar-refractivity contribution >= 4 is 17.6 Å². The molecule has 0 aliphatic carbocycles. The Morgan fingerprint density at radius 2 is 2.04 bits per heavy atom. The largest absolute Gasteiger partial charge is 0.487 e. The molecule has 0 saturated heterocycles. The zero-order chi connectivity index (χ0) is 16.8. The minimum Gasteiger partial charge on any atom is -0.487 e. The summed E-state index contributed by atoms with van der Waals surface area (Å²) in [6.45, 7) is 2.02. The average Bonchev–Trinajstić information content (AvgIpc) is 2.55. The highest BCUT2D eigenvalue weighted by atomic mass is 35.5. The van der Waals surface area contributed by atoms with Crippen molar-refractivity contribution in [2.75, 3.05) is 7.11 Å². The van der Waals surface area contributed by atoms with Gasteiger partial charge in [0.2, 0.25) is 0 Å². The van der Waals surface area contributed by atoms with E-state index in [1.54, 1.807) is 18.2 Å². The van der Waals surface area contributed by atoms with Crippen molar-refractivity contribution < 1.29 is 18.7 Å². The maximum atomic E-state index is 14.1. The van der Waals surface area contributed by atoms with Crippen molar-refractivity contribution in [3.63, 3.8) is 0 Å². The lowest BCUT2D eigenvalue weighted by molar-refractivity contribution is -0.139. The molecule has 2 aromatic rings. The van der Waals surface area contributed by atoms with Crippen LogP contribution in [0, 0.1) is 5.82 Å². The topological polar surface area (TPSA) is 35.5 Å². The SMILES string of the molecule is CCc1ccc(OCc2c(F)cccc2CC(=O)OC)c(Cl)c1. The van der Waals surface area contributed by atoms with Crippen LogP contribution >= 0.6 is 11.6 Å². The van der Waals surface area contributed by atoms with Gasteiger partial charge in [0.25, 0.3) is 0 Å². The van der Waals surface area contributed by atoms with Gasteiger partial charge in [-0.1, -0.05) is 36.7 Å². The minimum absolute atomic E-state index is 0.00451. The number of rotatable bonds is 6. The standard InChI is InChI=1S/C18H18ClFO3/c1-3-12-7-8-17(15(19)9-12)23-11-14-13(10-18(21)22-2)5-4-6-16(14)20/h4-9H,3,10-11H2,1-2H3. The second kappa shape index (κ2) is 7.97. The quantitative estimate of drug-likeness (QED) is 0.736. The number of aryl methyl sites for hydroxylation is 1. The molecule has 2 aromatic carbocycles. The van der Waals surface area contributed by atoms with Gasteiger partial charge in [-0.2, -0.15) is 0 Å². The molecule has 5 heteroatoms. The summed E-state index contributed by atoms with van der Waals surface area (Å²) in [6.07, 6.45) is 0.867. The predicted octanol–water partition coefficient (Wildman–Crippen LogP) is 4.34. The van der Waals surface area contributed by atoms with E-state index in [2.05, 4.69) is 4.74 Å². The van der Waals surface area contributed by atoms with Gasteiger partial charge < -0.3 is 9.47 Å². The zero-order valence-electron chi connectivity index (χ0n) is 13.1. The number of methoxy groups -OCH3 is 1. The van der Waals surface area contributed by atoms with Crippen LogP contribution < -0.4 is 4.74 Å². The number of hydrogen-bond acceptors (Lipinski definition) is 3. The number of benzene rings is 2. The van der Waals surface area contributed by atoms with Gasteiger partial charge in [0.05, 0.1) is 18.6 Å². The molecular formula is C18H18ClFO3. The van der Waals surface area contributed by atoms with Crippen LogP contribution in [-0.4, -0.2) is 13.1 Å². The highest BCUT2D eigenvalue weighted by Crippen LogP contribution is 2.27. The van der Waals surface area contributed by atoms with E-state index in [-0.39, 0.29) is 13.0 Å². The fourth-order valence-electron chi connectivity index (χ4n) is 2.19. The van der Waals surface area contributed by atoms with E-state index in [4.69, 9.17) is 16.3 Å². The molecule has 2 rings (SSSR count). The Morgan fingerprint density at radius 3 is 2.70 bits per heavy atom. The summed E-state index contributed by atoms with van der Waals surface area (Å²) in [6, 6.07) is 10.1. The average molecular weight is 337 g/mol. The molecule has 0 saturated carbocycles. The van der Waals surface area contributed by atoms with Crippen LogP contribution in [0.2, 0.25) is 5.02 Å². The molecule has 0 unspecified atom stereocenters. The number of esters is 1. The third-order valence-corrected chi connectivity index (χ3v) is 3.85. The maximum Gasteiger partial charge on any atom is 0.309 e. The molecule has 122 valence electrons. The zero-order valence-corrected chi connectivity index (χ0v) is 13.8. The van der Waals surface area contributed by atoms with Crippen molar-refractivity contribution in [2.24, 2.45) is 0 Å². The van der Waals surface area contributed by atoms with Gasteiger partial charge in [-0.3, -0.25) is 4.79 Å². The Balaban J connectivity index is 2.18. The molecular weight excluding hydrogens is 319 g/mol. The summed E-state index contributed by atoms with van der Waals surface area (Å²) in [5, 5.41) is 0.482. The van der Waals surface area contributed by atoms with Crippen LogP contribution in [0.1, 0.15) is 23.6 Å². The Labute approximate surface area is 140 Å². The Bertz CT molecular complexity index is 701. The molecule has 23 heavy (non-hydrogen) atoms. The highest BCUT2D eigenvalue weighted by molar-refractivity contribution is 6.32. The second-order valence-corrected chi connectivity index (χ2v) is 5.44. The third kappa shape index (κ3) is 4.45. The molecule has 0 aliphatic rings. The fourth-order valence-corrected chi connectivity index (χ4v) is 2.45. The maximum absolute atomic E-state index is 14.1. The molecule has 0 heterocycles. The summed E-state index contributed by atoms with van der Waals surface area (Å²) in [5.74, 6) is -0.369. The summed E-state index contributed by atoms with van der Waals surface area (Å²) >= 11 is 6.17. The molecule has 0 atom stereocenters. The van der Waals surface area contributed by atoms with Crippen molar-refractivity contribution in [1.29, 1.82) is 0 Å². The van der Waals surface area contributed by atoms with Gasteiger partial charge in [0.15, 0.2) is 0 Å². The first-order valence-electron chi connectivity index (χ1n) is 7.29. The van der Waals surface area contributed by atoms with Crippen LogP contribution in [0.15, 0.2) is 36.4 Å². The second-order valence-electron chi connectivity index (χ2n) is 5.04. The van der Waals surface area contributed by atoms with Gasteiger partial charge in [0, 0.05) is 5.56 Å². The van der Waals surface area contributed by atoms with Gasteiger partial charge in [-0.25, -0.2) is 4.39 Å². The van der Waals surface area contributed by atoms with Crippen LogP contribution in [0.25, 0.3) is 0 Å². The van der Waals surface area contributed by atoms with E-state index in [9.17, 15) is 9.18 Å². The summed E-state index contributed by atoms with van der Waals surface area (Å²) in [5.41, 5.74) is 1.96. The molecule has 0 aliphatic heterocycles. The van der Waals surface area contributed by atoms with Crippen LogP contribution in [-0.2, 0) is 29.0 Å². The van der Waals surface area contributed by atoms with Crippen molar-refractivity contribution in [3.05, 3.63) is 63.9 Å². The number of carbonyl (C=O) groups excluding carboxylic acids is 1. The first kappa shape index (κ1) is 17.3. The lowest BCUT2D eigenvalue weighted by atomic mass is 10.0. The summed E-state index contributed by atoms with van der Waals surface area (Å²) < 4.78 is 24.3. The summed E-state index contributed by atoms with van der Waals surface area (Å²) in [4.78, 5) is 11.4. The summed E-state index contributed by atoms with van der Waals surface area (Å²) in [7, 11) is 1.30. The molecule has 0 amide bonds. The molecule has 0 radical (unpaired) electrons. The first-order valence-corrected chi connectivity index (χ1v) is 7.67. The lowest BCUT2D eigenvalue weighted by Crippen LogP contribution is -2.10. The molecule has 0 fully saturated rings. The third-order valence-electron chi connectivity index (χ3n) is 3.55. The first-order chi connectivity index (χ1) is 11.0. The molecule has 0 bridgehead atoms. The van der Waals surface area contributed by atoms with E-state index >= 15 is 0 Å². The molecule has 0 N–H and O–H groups in total. The Morgan fingerprint density at radius 1 is 1.26 bits per heavy atom. The monoisotopic (exact) mass is 336 g/mol. The van der Waals surface area contributed by atoms with E-state index in [0.29, 0.717) is 21.9 Å². The minimum atomic E-state index is -0.429. The van der Waals surface area contributed by atoms with Gasteiger partial charge in [0.1, 0.15) is 18.2 Å². The molecule has 0 spiro atoms. The molecule has 0 aromatic heterocycles. The van der Waals surface area contributed by atoms with E-state index in [0.717, 1.165) is 12.0 Å². The number of carbonyl (C=O) groups is 1. The van der Waals surface area contributed by atoms with Gasteiger partial charge >= 0.3 is 5.97 Å². The van der Waals surface area contributed by atoms with E-state index < -0.39 is 11.8 Å². The van der Waals surface area contributed by atoms with Crippen molar-refractivity contribution in [1.82, 2.24) is 0 Å². The number of halogens is 2. The normalized spacial score (nSPS) is 10.4. The van der Waals surface area contributed by atoms with Crippen LogP contribution in [0.3, 0.4) is 0 Å². The number of hydrogen-bond donors (Lipinski definition) is 0. The Kier molecular flexibility index (Phi) is 5.99. The van der Waals surface area contributed by atoms with Crippen LogP contribution in [0.5, 0.6) is 5.75 Å².